The van der Waals surface area contributed by atoms with Crippen LogP contribution in [0, 0.1) is 0 Å². The minimum atomic E-state index is 0.322. The fraction of sp³-hybridized carbons (Fsp3) is 0.294. The molecule has 0 aromatic heterocycles. The van der Waals surface area contributed by atoms with Gasteiger partial charge < -0.3 is 20.1 Å². The van der Waals surface area contributed by atoms with Crippen molar-refractivity contribution in [1.29, 1.82) is 0 Å². The molecule has 0 saturated carbocycles. The lowest BCUT2D eigenvalue weighted by Gasteiger charge is -2.11. The van der Waals surface area contributed by atoms with Crippen molar-refractivity contribution in [2.75, 3.05) is 18.7 Å². The summed E-state index contributed by atoms with van der Waals surface area (Å²) in [7, 11) is 0. The van der Waals surface area contributed by atoms with Gasteiger partial charge in [-0.05, 0) is 23.6 Å². The van der Waals surface area contributed by atoms with Crippen LogP contribution in [0.2, 0.25) is 0 Å². The maximum atomic E-state index is 5.53. The van der Waals surface area contributed by atoms with E-state index < -0.39 is 0 Å². The Morgan fingerprint density at radius 3 is 2.86 bits per heavy atom. The molecule has 2 aliphatic heterocycles. The van der Waals surface area contributed by atoms with E-state index in [4.69, 9.17) is 9.47 Å². The lowest BCUT2D eigenvalue weighted by Crippen LogP contribution is -2.14. The first kappa shape index (κ1) is 12.5. The van der Waals surface area contributed by atoms with Crippen molar-refractivity contribution in [2.45, 2.75) is 19.5 Å². The first-order chi connectivity index (χ1) is 10.4. The molecule has 0 radical (unpaired) electrons. The quantitative estimate of drug-likeness (QED) is 0.905. The fourth-order valence-corrected chi connectivity index (χ4v) is 3.02. The third-order valence-corrected chi connectivity index (χ3v) is 4.04. The van der Waals surface area contributed by atoms with E-state index >= 15 is 0 Å². The van der Waals surface area contributed by atoms with Gasteiger partial charge in [0, 0.05) is 30.9 Å². The van der Waals surface area contributed by atoms with Gasteiger partial charge in [0.05, 0.1) is 0 Å². The molecule has 2 N–H and O–H groups in total. The second-order valence-electron chi connectivity index (χ2n) is 5.38. The highest BCUT2D eigenvalue weighted by Gasteiger charge is 2.17. The van der Waals surface area contributed by atoms with E-state index in [2.05, 4.69) is 34.9 Å². The van der Waals surface area contributed by atoms with Crippen LogP contribution in [0.15, 0.2) is 36.4 Å². The second kappa shape index (κ2) is 5.30. The van der Waals surface area contributed by atoms with Crippen LogP contribution in [0.1, 0.15) is 16.7 Å². The van der Waals surface area contributed by atoms with Crippen molar-refractivity contribution in [3.05, 3.63) is 53.1 Å². The number of hydrogen-bond acceptors (Lipinski definition) is 4. The number of hydrogen-bond donors (Lipinski definition) is 2. The van der Waals surface area contributed by atoms with Crippen molar-refractivity contribution in [3.8, 4) is 11.5 Å². The van der Waals surface area contributed by atoms with E-state index in [9.17, 15) is 0 Å². The molecule has 4 nitrogen and oxygen atoms in total. The van der Waals surface area contributed by atoms with E-state index in [1.165, 1.54) is 16.8 Å². The molecule has 2 heterocycles. The molecule has 0 fully saturated rings. The summed E-state index contributed by atoms with van der Waals surface area (Å²) in [5.41, 5.74) is 5.20. The zero-order chi connectivity index (χ0) is 14.1. The van der Waals surface area contributed by atoms with E-state index in [-0.39, 0.29) is 0 Å². The first-order valence-electron chi connectivity index (χ1n) is 7.34. The highest BCUT2D eigenvalue weighted by molar-refractivity contribution is 5.61. The number of nitrogens with one attached hydrogen (secondary N) is 2. The summed E-state index contributed by atoms with van der Waals surface area (Å²) < 4.78 is 10.9. The largest absolute Gasteiger partial charge is 0.454 e. The summed E-state index contributed by atoms with van der Waals surface area (Å²) in [4.78, 5) is 0. The van der Waals surface area contributed by atoms with Gasteiger partial charge in [0.15, 0.2) is 11.5 Å². The average molecular weight is 282 g/mol. The number of rotatable bonds is 4. The third-order valence-electron chi connectivity index (χ3n) is 4.04. The third kappa shape index (κ3) is 2.32. The summed E-state index contributed by atoms with van der Waals surface area (Å²) in [6, 6.07) is 12.5. The number of fused-ring (bicyclic) bond motifs is 2. The summed E-state index contributed by atoms with van der Waals surface area (Å²) in [6.07, 6.45) is 1.13. The maximum Gasteiger partial charge on any atom is 0.231 e. The molecule has 21 heavy (non-hydrogen) atoms. The number of ether oxygens (including phenoxy) is 2. The molecule has 2 aromatic carbocycles. The SMILES string of the molecule is c1cc2c(c(CNCc3cccc4c3OCO4)c1)NCC2. The van der Waals surface area contributed by atoms with Crippen LogP contribution < -0.4 is 20.1 Å². The maximum absolute atomic E-state index is 5.53. The van der Waals surface area contributed by atoms with Crippen molar-refractivity contribution >= 4 is 5.69 Å². The topological polar surface area (TPSA) is 42.5 Å². The molecule has 0 amide bonds. The average Bonchev–Trinajstić information content (AvgIpc) is 3.16. The molecule has 0 atom stereocenters. The Kier molecular flexibility index (Phi) is 3.16. The van der Waals surface area contributed by atoms with E-state index in [0.717, 1.165) is 43.1 Å². The molecular weight excluding hydrogens is 264 g/mol. The van der Waals surface area contributed by atoms with Crippen molar-refractivity contribution in [1.82, 2.24) is 5.32 Å². The Balaban J connectivity index is 1.45. The fourth-order valence-electron chi connectivity index (χ4n) is 3.02. The van der Waals surface area contributed by atoms with Gasteiger partial charge in [-0.15, -0.1) is 0 Å². The van der Waals surface area contributed by atoms with Crippen molar-refractivity contribution < 1.29 is 9.47 Å². The standard InChI is InChI=1S/C17H18N2O2/c1-3-12-7-8-19-16(12)13(4-1)9-18-10-14-5-2-6-15-17(14)21-11-20-15/h1-6,18-19H,7-11H2. The molecule has 4 heteroatoms. The highest BCUT2D eigenvalue weighted by atomic mass is 16.7. The smallest absolute Gasteiger partial charge is 0.231 e. The molecule has 2 aromatic rings. The Morgan fingerprint density at radius 1 is 1.00 bits per heavy atom. The van der Waals surface area contributed by atoms with Crippen LogP contribution in [0.4, 0.5) is 5.69 Å². The van der Waals surface area contributed by atoms with Gasteiger partial charge in [0.1, 0.15) is 0 Å². The van der Waals surface area contributed by atoms with Gasteiger partial charge in [-0.1, -0.05) is 30.3 Å². The Morgan fingerprint density at radius 2 is 1.86 bits per heavy atom. The van der Waals surface area contributed by atoms with Gasteiger partial charge in [-0.25, -0.2) is 0 Å². The first-order valence-corrected chi connectivity index (χ1v) is 7.34. The van der Waals surface area contributed by atoms with Crippen LogP contribution in [0.25, 0.3) is 0 Å². The van der Waals surface area contributed by atoms with Crippen LogP contribution in [-0.4, -0.2) is 13.3 Å². The number of benzene rings is 2. The molecule has 4 rings (SSSR count). The summed E-state index contributed by atoms with van der Waals surface area (Å²) in [5.74, 6) is 1.72. The van der Waals surface area contributed by atoms with E-state index in [1.54, 1.807) is 0 Å². The molecule has 108 valence electrons. The zero-order valence-electron chi connectivity index (χ0n) is 11.8. The van der Waals surface area contributed by atoms with Crippen molar-refractivity contribution in [3.63, 3.8) is 0 Å². The molecule has 0 unspecified atom stereocenters. The van der Waals surface area contributed by atoms with Gasteiger partial charge >= 0.3 is 0 Å². The van der Waals surface area contributed by atoms with Gasteiger partial charge in [-0.2, -0.15) is 0 Å². The minimum Gasteiger partial charge on any atom is -0.454 e. The normalized spacial score (nSPS) is 14.9. The predicted molar refractivity (Wildman–Crippen MR) is 81.7 cm³/mol. The van der Waals surface area contributed by atoms with Crippen LogP contribution in [-0.2, 0) is 19.5 Å². The monoisotopic (exact) mass is 282 g/mol. The number of para-hydroxylation sites is 2. The van der Waals surface area contributed by atoms with Crippen LogP contribution in [0.3, 0.4) is 0 Å². The van der Waals surface area contributed by atoms with Crippen LogP contribution >= 0.6 is 0 Å². The zero-order valence-corrected chi connectivity index (χ0v) is 11.8. The molecular formula is C17H18N2O2. The Bertz CT molecular complexity index is 612. The highest BCUT2D eigenvalue weighted by Crippen LogP contribution is 2.35. The predicted octanol–water partition coefficient (Wildman–Crippen LogP) is 2.67. The van der Waals surface area contributed by atoms with Crippen molar-refractivity contribution in [2.24, 2.45) is 0 Å². The summed E-state index contributed by atoms with van der Waals surface area (Å²) >= 11 is 0. The molecule has 0 bridgehead atoms. The number of anilines is 1. The second-order valence-corrected chi connectivity index (χ2v) is 5.38. The molecule has 0 aliphatic carbocycles. The molecule has 0 spiro atoms. The Labute approximate surface area is 124 Å². The van der Waals surface area contributed by atoms with E-state index in [1.807, 2.05) is 12.1 Å². The van der Waals surface area contributed by atoms with Gasteiger partial charge in [-0.3, -0.25) is 0 Å². The summed E-state index contributed by atoms with van der Waals surface area (Å²) in [6.45, 7) is 2.99. The molecule has 2 aliphatic rings. The van der Waals surface area contributed by atoms with Crippen LogP contribution in [0.5, 0.6) is 11.5 Å². The lowest BCUT2D eigenvalue weighted by molar-refractivity contribution is 0.173. The van der Waals surface area contributed by atoms with Gasteiger partial charge in [0.2, 0.25) is 6.79 Å². The Hall–Kier alpha value is -2.20. The summed E-state index contributed by atoms with van der Waals surface area (Å²) in [5, 5.41) is 6.98. The molecule has 0 saturated heterocycles. The van der Waals surface area contributed by atoms with Gasteiger partial charge in [0.25, 0.3) is 0 Å². The lowest BCUT2D eigenvalue weighted by atomic mass is 10.1. The minimum absolute atomic E-state index is 0.322. The van der Waals surface area contributed by atoms with E-state index in [0.29, 0.717) is 6.79 Å².